The van der Waals surface area contributed by atoms with E-state index in [1.54, 1.807) is 58.0 Å². The van der Waals surface area contributed by atoms with Crippen molar-refractivity contribution in [3.05, 3.63) is 149 Å². The van der Waals surface area contributed by atoms with Gasteiger partial charge in [-0.25, -0.2) is 9.78 Å². The topological polar surface area (TPSA) is 156 Å². The minimum absolute atomic E-state index is 0.0251. The van der Waals surface area contributed by atoms with Gasteiger partial charge in [0.2, 0.25) is 0 Å². The Kier molecular flexibility index (Phi) is 12.4. The predicted molar refractivity (Wildman–Crippen MR) is 268 cm³/mol. The van der Waals surface area contributed by atoms with Crippen LogP contribution in [0, 0.1) is 0 Å². The first-order chi connectivity index (χ1) is 33.0. The number of hydrogen-bond donors (Lipinski definition) is 3. The van der Waals surface area contributed by atoms with E-state index in [0.717, 1.165) is 45.1 Å². The standard InChI is InChI=1S/C52H49N7O7S2/c1-52(2,68-67-48-15-9-10-16-53-48)30-56-51(62)57-35-18-31(28-65-46-24-40-38(22-44(46)63-3)49(60)58-36(26-54-40)20-33-11-5-7-13-42(33)58)17-32(19-35)29-66-47-25-41-39(23-45(47)64-4)50(61)59-37(27-55-41)21-34-12-6-8-14-43(34)59/h5-19,22-26,36-37,55H,20-21,27-30H2,1-4H3,(H2,56,57,62)/t36-,37-/m0/s1. The van der Waals surface area contributed by atoms with Gasteiger partial charge in [-0.2, -0.15) is 0 Å². The van der Waals surface area contributed by atoms with E-state index >= 15 is 0 Å². The Hall–Kier alpha value is -7.17. The molecule has 5 aromatic carbocycles. The number of carbonyl (C=O) groups is 3. The van der Waals surface area contributed by atoms with Crippen LogP contribution in [-0.4, -0.2) is 73.2 Å². The average molecular weight is 948 g/mol. The number of aromatic nitrogens is 1. The summed E-state index contributed by atoms with van der Waals surface area (Å²) in [5, 5.41) is 10.4. The lowest BCUT2D eigenvalue weighted by atomic mass is 10.1. The van der Waals surface area contributed by atoms with E-state index in [2.05, 4.69) is 40.8 Å². The first-order valence-electron chi connectivity index (χ1n) is 22.3. The highest BCUT2D eigenvalue weighted by Gasteiger charge is 2.39. The zero-order valence-electron chi connectivity index (χ0n) is 37.9. The summed E-state index contributed by atoms with van der Waals surface area (Å²) in [5.74, 6) is 1.37. The third-order valence-corrected chi connectivity index (χ3v) is 15.5. The molecule has 0 bridgehead atoms. The van der Waals surface area contributed by atoms with Gasteiger partial charge in [-0.15, -0.1) is 0 Å². The molecule has 0 saturated carbocycles. The van der Waals surface area contributed by atoms with E-state index in [-0.39, 0.29) is 47.9 Å². The number of nitrogens with zero attached hydrogens (tertiary/aromatic N) is 4. The molecule has 5 heterocycles. The summed E-state index contributed by atoms with van der Waals surface area (Å²) >= 11 is 0. The van der Waals surface area contributed by atoms with E-state index in [0.29, 0.717) is 70.7 Å². The number of ether oxygens (including phenoxy) is 4. The molecule has 0 spiro atoms. The lowest BCUT2D eigenvalue weighted by molar-refractivity contribution is 0.0976. The predicted octanol–water partition coefficient (Wildman–Crippen LogP) is 9.88. The molecule has 4 aliphatic heterocycles. The van der Waals surface area contributed by atoms with Crippen LogP contribution < -0.4 is 44.7 Å². The molecule has 16 heteroatoms. The molecule has 0 aliphatic carbocycles. The third-order valence-electron chi connectivity index (χ3n) is 12.2. The van der Waals surface area contributed by atoms with Crippen LogP contribution in [0.15, 0.2) is 125 Å². The molecule has 0 fully saturated rings. The molecule has 10 rings (SSSR count). The summed E-state index contributed by atoms with van der Waals surface area (Å²) in [6, 6.07) is 33.7. The maximum atomic E-state index is 14.1. The minimum atomic E-state index is -0.379. The highest BCUT2D eigenvalue weighted by Crippen LogP contribution is 2.43. The van der Waals surface area contributed by atoms with E-state index in [1.165, 1.54) is 7.11 Å². The number of benzene rings is 5. The Labute approximate surface area is 402 Å². The molecular formula is C52H49N7O7S2. The van der Waals surface area contributed by atoms with Crippen molar-refractivity contribution in [1.82, 2.24) is 10.3 Å². The van der Waals surface area contributed by atoms with E-state index in [1.807, 2.05) is 96.0 Å². The molecule has 68 heavy (non-hydrogen) atoms. The number of methoxy groups -OCH3 is 2. The van der Waals surface area contributed by atoms with Crippen LogP contribution in [0.2, 0.25) is 0 Å². The maximum absolute atomic E-state index is 14.1. The highest BCUT2D eigenvalue weighted by molar-refractivity contribution is 8.77. The van der Waals surface area contributed by atoms with Gasteiger partial charge in [0.15, 0.2) is 23.0 Å². The molecule has 1 aromatic heterocycles. The number of para-hydroxylation sites is 2. The second-order valence-electron chi connectivity index (χ2n) is 17.5. The number of rotatable bonds is 14. The monoisotopic (exact) mass is 947 g/mol. The number of amides is 4. The fourth-order valence-corrected chi connectivity index (χ4v) is 11.1. The molecular weight excluding hydrogens is 899 g/mol. The van der Waals surface area contributed by atoms with Crippen molar-refractivity contribution >= 4 is 74.1 Å². The van der Waals surface area contributed by atoms with Crippen LogP contribution in [0.5, 0.6) is 23.0 Å². The van der Waals surface area contributed by atoms with Crippen molar-refractivity contribution in [2.24, 2.45) is 4.99 Å². The summed E-state index contributed by atoms with van der Waals surface area (Å²) in [5.41, 5.74) is 8.07. The van der Waals surface area contributed by atoms with Gasteiger partial charge in [0.25, 0.3) is 11.8 Å². The first kappa shape index (κ1) is 44.7. The van der Waals surface area contributed by atoms with E-state index in [4.69, 9.17) is 23.9 Å². The van der Waals surface area contributed by atoms with Gasteiger partial charge in [0, 0.05) is 65.9 Å². The van der Waals surface area contributed by atoms with Crippen LogP contribution >= 0.6 is 21.6 Å². The Balaban J connectivity index is 0.890. The minimum Gasteiger partial charge on any atom is -0.493 e. The molecule has 0 saturated heterocycles. The molecule has 14 nitrogen and oxygen atoms in total. The fraction of sp³-hybridized carbons (Fsp3) is 0.250. The highest BCUT2D eigenvalue weighted by atomic mass is 33.1. The maximum Gasteiger partial charge on any atom is 0.319 e. The zero-order valence-corrected chi connectivity index (χ0v) is 39.5. The van der Waals surface area contributed by atoms with Crippen molar-refractivity contribution in [3.8, 4) is 23.0 Å². The van der Waals surface area contributed by atoms with E-state index < -0.39 is 0 Å². The molecule has 346 valence electrons. The number of hydrogen-bond acceptors (Lipinski definition) is 12. The fourth-order valence-electron chi connectivity index (χ4n) is 8.97. The van der Waals surface area contributed by atoms with Crippen LogP contribution in [-0.2, 0) is 26.1 Å². The third kappa shape index (κ3) is 9.13. The number of fused-ring (bicyclic) bond motifs is 8. The number of aliphatic imine (C=N–C) groups is 1. The number of urea groups is 1. The van der Waals surface area contributed by atoms with E-state index in [9.17, 15) is 14.4 Å². The lowest BCUT2D eigenvalue weighted by Crippen LogP contribution is -2.39. The van der Waals surface area contributed by atoms with Gasteiger partial charge in [0.05, 0.1) is 48.8 Å². The Morgan fingerprint density at radius 1 is 0.765 bits per heavy atom. The smallest absolute Gasteiger partial charge is 0.319 e. The molecule has 3 N–H and O–H groups in total. The van der Waals surface area contributed by atoms with Gasteiger partial charge < -0.3 is 39.8 Å². The van der Waals surface area contributed by atoms with Crippen LogP contribution in [0.1, 0.15) is 56.8 Å². The normalized spacial score (nSPS) is 16.5. The molecule has 0 radical (unpaired) electrons. The Morgan fingerprint density at radius 3 is 2.12 bits per heavy atom. The first-order valence-corrected chi connectivity index (χ1v) is 24.4. The van der Waals surface area contributed by atoms with Crippen LogP contribution in [0.3, 0.4) is 0 Å². The lowest BCUT2D eigenvalue weighted by Gasteiger charge is -2.23. The van der Waals surface area contributed by atoms with Crippen molar-refractivity contribution in [2.45, 2.75) is 61.8 Å². The molecule has 4 amide bonds. The quantitative estimate of drug-likeness (QED) is 0.0894. The molecule has 0 unspecified atom stereocenters. The summed E-state index contributed by atoms with van der Waals surface area (Å²) in [4.78, 5) is 54.5. The number of nitrogens with one attached hydrogen (secondary N) is 3. The second kappa shape index (κ2) is 18.8. The van der Waals surface area contributed by atoms with Crippen molar-refractivity contribution < 1.29 is 33.3 Å². The van der Waals surface area contributed by atoms with Gasteiger partial charge in [-0.1, -0.05) is 53.3 Å². The molecule has 2 atom stereocenters. The molecule has 6 aromatic rings. The summed E-state index contributed by atoms with van der Waals surface area (Å²) in [7, 11) is 6.27. The Bertz CT molecular complexity index is 2970. The number of anilines is 4. The zero-order chi connectivity index (χ0) is 46.9. The Morgan fingerprint density at radius 2 is 1.41 bits per heavy atom. The summed E-state index contributed by atoms with van der Waals surface area (Å²) < 4.78 is 24.2. The number of carbonyl (C=O) groups excluding carboxylic acids is 3. The van der Waals surface area contributed by atoms with Crippen molar-refractivity contribution in [3.63, 3.8) is 0 Å². The van der Waals surface area contributed by atoms with Gasteiger partial charge in [0.1, 0.15) is 18.2 Å². The summed E-state index contributed by atoms with van der Waals surface area (Å²) in [6.45, 7) is 5.24. The molecule has 4 aliphatic rings. The largest absolute Gasteiger partial charge is 0.493 e. The summed E-state index contributed by atoms with van der Waals surface area (Å²) in [6.07, 6.45) is 5.02. The van der Waals surface area contributed by atoms with Crippen molar-refractivity contribution in [2.75, 3.05) is 47.7 Å². The van der Waals surface area contributed by atoms with Crippen LogP contribution in [0.4, 0.5) is 33.2 Å². The second-order valence-corrected chi connectivity index (χ2v) is 20.3. The van der Waals surface area contributed by atoms with Gasteiger partial charge >= 0.3 is 6.03 Å². The van der Waals surface area contributed by atoms with Crippen LogP contribution in [0.25, 0.3) is 0 Å². The van der Waals surface area contributed by atoms with Gasteiger partial charge in [-0.05, 0) is 108 Å². The average Bonchev–Trinajstić information content (AvgIpc) is 3.85. The number of pyridine rings is 1. The van der Waals surface area contributed by atoms with Gasteiger partial charge in [-0.3, -0.25) is 19.5 Å². The van der Waals surface area contributed by atoms with Crippen molar-refractivity contribution in [1.29, 1.82) is 0 Å². The SMILES string of the molecule is COc1cc2c(cc1OCc1cc(COc3cc4c(cc3OC)C(=O)N3c5ccccc5C[C@H]3CN4)cc(NC(=O)NCC(C)(C)SSc3ccccn3)c1)N=C[C@@H]1Cc3ccccc3N1C2=O.